The fourth-order valence-corrected chi connectivity index (χ4v) is 13.9. The zero-order valence-corrected chi connectivity index (χ0v) is 52.8. The summed E-state index contributed by atoms with van der Waals surface area (Å²) in [5.41, 5.74) is 23.5. The molecule has 0 N–H and O–H groups in total. The first-order valence-corrected chi connectivity index (χ1v) is 32.4. The third-order valence-electron chi connectivity index (χ3n) is 18.6. The molecule has 14 aromatic carbocycles. The molecular formula is C90H54N8. The minimum absolute atomic E-state index is 0.423. The van der Waals surface area contributed by atoms with Gasteiger partial charge >= 0.3 is 0 Å². The summed E-state index contributed by atoms with van der Waals surface area (Å²) in [5.74, 6) is 1.27. The average Bonchev–Trinajstić information content (AvgIpc) is 1.56. The molecule has 0 bridgehead atoms. The number of hydrogen-bond acceptors (Lipinski definition) is 3. The second-order valence-electron chi connectivity index (χ2n) is 24.4. The molecule has 0 amide bonds. The summed E-state index contributed by atoms with van der Waals surface area (Å²) in [6.07, 6.45) is 0. The molecule has 0 aliphatic heterocycles. The Bertz CT molecular complexity index is 5630. The number of rotatable bonds is 12. The molecule has 0 saturated heterocycles. The van der Waals surface area contributed by atoms with E-state index < -0.39 is 0 Å². The van der Waals surface area contributed by atoms with Gasteiger partial charge in [0.05, 0.1) is 53.2 Å². The zero-order valence-electron chi connectivity index (χ0n) is 52.8. The summed E-state index contributed by atoms with van der Waals surface area (Å²) in [6.45, 7) is 24.4. The second kappa shape index (κ2) is 24.6. The van der Waals surface area contributed by atoms with Crippen LogP contribution in [0.4, 0.5) is 17.1 Å². The molecule has 17 rings (SSSR count). The molecule has 454 valence electrons. The molecule has 3 aromatic heterocycles. The van der Waals surface area contributed by atoms with Crippen molar-refractivity contribution in [3.63, 3.8) is 0 Å². The van der Waals surface area contributed by atoms with Crippen molar-refractivity contribution >= 4 is 60.7 Å². The van der Waals surface area contributed by atoms with Crippen molar-refractivity contribution in [2.45, 2.75) is 0 Å². The van der Waals surface area contributed by atoms with Gasteiger partial charge in [0.25, 0.3) is 0 Å². The van der Waals surface area contributed by atoms with Gasteiger partial charge in [-0.05, 0) is 169 Å². The number of hydrogen-bond donors (Lipinski definition) is 0. The summed E-state index contributed by atoms with van der Waals surface area (Å²) in [5, 5.41) is 4.29. The minimum atomic E-state index is 0.423. The average molecular weight is 1250 g/mol. The summed E-state index contributed by atoms with van der Waals surface area (Å²) < 4.78 is 4.69. The van der Waals surface area contributed by atoms with Crippen molar-refractivity contribution in [2.75, 3.05) is 0 Å². The van der Waals surface area contributed by atoms with Crippen LogP contribution in [0, 0.1) is 19.7 Å². The van der Waals surface area contributed by atoms with Crippen LogP contribution in [0.25, 0.3) is 182 Å². The van der Waals surface area contributed by atoms with Gasteiger partial charge in [-0.15, -0.1) is 0 Å². The fraction of sp³-hybridized carbons (Fsp3) is 0. The van der Waals surface area contributed by atoms with Crippen molar-refractivity contribution in [1.29, 1.82) is 0 Å². The van der Waals surface area contributed by atoms with Gasteiger partial charge in [-0.2, -0.15) is 0 Å². The Kier molecular flexibility index (Phi) is 14.5. The molecule has 0 saturated carbocycles. The van der Waals surface area contributed by atoms with Crippen LogP contribution in [0.3, 0.4) is 0 Å². The van der Waals surface area contributed by atoms with E-state index in [0.29, 0.717) is 34.5 Å². The first-order chi connectivity index (χ1) is 48.4. The van der Waals surface area contributed by atoms with Crippen LogP contribution in [0.1, 0.15) is 0 Å². The van der Waals surface area contributed by atoms with Crippen LogP contribution in [-0.2, 0) is 0 Å². The van der Waals surface area contributed by atoms with Crippen molar-refractivity contribution in [1.82, 2.24) is 24.1 Å². The smallest absolute Gasteiger partial charge is 0.194 e. The van der Waals surface area contributed by atoms with Crippen LogP contribution in [0.15, 0.2) is 328 Å². The molecule has 0 fully saturated rings. The first kappa shape index (κ1) is 58.0. The Morgan fingerprint density at radius 2 is 0.531 bits per heavy atom. The van der Waals surface area contributed by atoms with E-state index in [0.717, 1.165) is 150 Å². The van der Waals surface area contributed by atoms with Gasteiger partial charge in [-0.25, -0.2) is 29.5 Å². The van der Waals surface area contributed by atoms with Crippen LogP contribution < -0.4 is 0 Å². The lowest BCUT2D eigenvalue weighted by Gasteiger charge is -2.18. The maximum absolute atomic E-state index is 8.20. The monoisotopic (exact) mass is 1250 g/mol. The Morgan fingerprint density at radius 3 is 0.929 bits per heavy atom. The van der Waals surface area contributed by atoms with Crippen molar-refractivity contribution in [3.05, 3.63) is 362 Å². The lowest BCUT2D eigenvalue weighted by molar-refractivity contribution is 1.06. The van der Waals surface area contributed by atoms with Crippen LogP contribution >= 0.6 is 0 Å². The highest BCUT2D eigenvalue weighted by Crippen LogP contribution is 2.45. The Morgan fingerprint density at radius 1 is 0.214 bits per heavy atom. The van der Waals surface area contributed by atoms with Crippen LogP contribution in [0.2, 0.25) is 0 Å². The lowest BCUT2D eigenvalue weighted by Crippen LogP contribution is -2.06. The third-order valence-corrected chi connectivity index (χ3v) is 18.6. The number of fused-ring (bicyclic) bond motifs is 6. The molecule has 3 heterocycles. The summed E-state index contributed by atoms with van der Waals surface area (Å²) in [4.78, 5) is 28.7. The molecular weight excluding hydrogens is 1190 g/mol. The fourth-order valence-electron chi connectivity index (χ4n) is 13.9. The van der Waals surface area contributed by atoms with E-state index in [4.69, 9.17) is 34.7 Å². The second-order valence-corrected chi connectivity index (χ2v) is 24.4. The van der Waals surface area contributed by atoms with Gasteiger partial charge in [-0.3, -0.25) is 0 Å². The van der Waals surface area contributed by atoms with Crippen LogP contribution in [0.5, 0.6) is 0 Å². The van der Waals surface area contributed by atoms with E-state index in [1.807, 2.05) is 103 Å². The standard InChI is InChI=1S/C90H54N8/c1-91-72-33-19-29-62(50-72)68-37-43-75(86(56-68)97-82-45-39-64(58-21-8-4-9-22-58)52-77(82)78-53-65(40-46-83(78)97)59-23-10-5-11-24-59)89-94-88(71-32-18-31-70(49-71)74-35-16-17-36-81(74)93-3)95-90(96-89)76-44-38-69(63-30-20-34-73(51-63)92-2)57-87(76)98-84-47-41-66(60-25-12-6-13-26-60)54-79(84)80-55-67(42-48-85(80)98)61-27-14-7-15-28-61/h4-57H. The highest BCUT2D eigenvalue weighted by Gasteiger charge is 2.25. The van der Waals surface area contributed by atoms with Gasteiger partial charge in [0, 0.05) is 38.2 Å². The van der Waals surface area contributed by atoms with E-state index in [1.165, 1.54) is 0 Å². The predicted octanol–water partition coefficient (Wildman–Crippen LogP) is 24.4. The molecule has 0 radical (unpaired) electrons. The van der Waals surface area contributed by atoms with Gasteiger partial charge in [0.15, 0.2) is 34.5 Å². The van der Waals surface area contributed by atoms with E-state index in [9.17, 15) is 0 Å². The largest absolute Gasteiger partial charge is 0.308 e. The number of benzene rings is 14. The van der Waals surface area contributed by atoms with E-state index in [-0.39, 0.29) is 0 Å². The van der Waals surface area contributed by atoms with Crippen molar-refractivity contribution in [3.8, 4) is 123 Å². The van der Waals surface area contributed by atoms with Gasteiger partial charge in [0.1, 0.15) is 0 Å². The molecule has 0 unspecified atom stereocenters. The van der Waals surface area contributed by atoms with E-state index in [1.54, 1.807) is 0 Å². The molecule has 0 atom stereocenters. The summed E-state index contributed by atoms with van der Waals surface area (Å²) >= 11 is 0. The van der Waals surface area contributed by atoms with Gasteiger partial charge in [0.2, 0.25) is 0 Å². The predicted molar refractivity (Wildman–Crippen MR) is 402 cm³/mol. The van der Waals surface area contributed by atoms with E-state index in [2.05, 4.69) is 248 Å². The maximum atomic E-state index is 8.20. The van der Waals surface area contributed by atoms with E-state index >= 15 is 0 Å². The zero-order chi connectivity index (χ0) is 65.6. The molecule has 98 heavy (non-hydrogen) atoms. The Hall–Kier alpha value is -13.8. The maximum Gasteiger partial charge on any atom is 0.194 e. The third kappa shape index (κ3) is 10.5. The summed E-state index contributed by atoms with van der Waals surface area (Å²) in [7, 11) is 0. The highest BCUT2D eigenvalue weighted by atomic mass is 15.1. The SMILES string of the molecule is [C-]#[N+]c1cccc(-c2ccc(-c3nc(-c4cccc(-c5ccccc5[N+]#[C-])c4)nc(-c4ccc(-c5cccc([N+]#[C-])c5)cc4-n4c5ccc(-c6ccccc6)cc5c5cc(-c6ccccc6)ccc54)n3)c(-n3c4ccc(-c5ccccc5)cc4c4cc(-c5ccccc5)ccc43)c2)c1. The Labute approximate surface area is 566 Å². The van der Waals surface area contributed by atoms with Gasteiger partial charge < -0.3 is 9.13 Å². The quantitative estimate of drug-likeness (QED) is 0.115. The molecule has 0 aliphatic carbocycles. The first-order valence-electron chi connectivity index (χ1n) is 32.4. The Balaban J connectivity index is 0.967. The summed E-state index contributed by atoms with van der Waals surface area (Å²) in [6, 6.07) is 113. The normalized spacial score (nSPS) is 11.2. The molecule has 0 spiro atoms. The number of para-hydroxylation sites is 1. The molecule has 8 nitrogen and oxygen atoms in total. The van der Waals surface area contributed by atoms with Gasteiger partial charge in [-0.1, -0.05) is 237 Å². The minimum Gasteiger partial charge on any atom is -0.308 e. The van der Waals surface area contributed by atoms with Crippen molar-refractivity contribution in [2.24, 2.45) is 0 Å². The molecule has 17 aromatic rings. The van der Waals surface area contributed by atoms with Crippen molar-refractivity contribution < 1.29 is 0 Å². The molecule has 8 heteroatoms. The number of nitrogens with zero attached hydrogens (tertiary/aromatic N) is 8. The molecule has 0 aliphatic rings. The lowest BCUT2D eigenvalue weighted by atomic mass is 9.99. The highest BCUT2D eigenvalue weighted by molar-refractivity contribution is 6.14. The topological polar surface area (TPSA) is 61.6 Å². The van der Waals surface area contributed by atoms with Crippen LogP contribution in [-0.4, -0.2) is 24.1 Å². The number of aromatic nitrogens is 5.